The molecular weight excluding hydrogens is 130 g/mol. The molecule has 0 atom stereocenters. The molecule has 0 bridgehead atoms. The van der Waals surface area contributed by atoms with E-state index in [1.165, 1.54) is 0 Å². The smallest absolute Gasteiger partial charge is 0.233 e. The van der Waals surface area contributed by atoms with E-state index in [0.717, 1.165) is 6.54 Å². The van der Waals surface area contributed by atoms with Crippen LogP contribution in [0.1, 0.15) is 0 Å². The Hall–Kier alpha value is -1.32. The van der Waals surface area contributed by atoms with Crippen LogP contribution in [0, 0.1) is 0 Å². The monoisotopic (exact) mass is 137 g/mol. The fourth-order valence-electron chi connectivity index (χ4n) is 0.871. The van der Waals surface area contributed by atoms with Crippen LogP contribution in [-0.4, -0.2) is 25.6 Å². The predicted molar refractivity (Wildman–Crippen MR) is 38.0 cm³/mol. The third kappa shape index (κ3) is 0.775. The van der Waals surface area contributed by atoms with Gasteiger partial charge in [0.05, 0.1) is 6.54 Å². The van der Waals surface area contributed by atoms with Gasteiger partial charge in [0.2, 0.25) is 11.7 Å². The molecule has 0 amide bonds. The Kier molecular flexibility index (Phi) is 1.16. The summed E-state index contributed by atoms with van der Waals surface area (Å²) in [6, 6.07) is 0. The number of hydrogen-bond acceptors (Lipinski definition) is 4. The quantitative estimate of drug-likeness (QED) is 0.506. The summed E-state index contributed by atoms with van der Waals surface area (Å²) in [5.74, 6) is 1.35. The maximum absolute atomic E-state index is 5.18. The summed E-state index contributed by atoms with van der Waals surface area (Å²) in [6.07, 6.45) is 3.29. The van der Waals surface area contributed by atoms with Crippen molar-refractivity contribution in [3.8, 4) is 0 Å². The summed E-state index contributed by atoms with van der Waals surface area (Å²) in [7, 11) is 0. The van der Waals surface area contributed by atoms with Gasteiger partial charge in [0.25, 0.3) is 0 Å². The minimum absolute atomic E-state index is 0.650. The number of aliphatic imine (C=N–C) groups is 2. The molecule has 0 aromatic rings. The third-order valence-corrected chi connectivity index (χ3v) is 1.30. The van der Waals surface area contributed by atoms with E-state index in [1.807, 2.05) is 0 Å². The highest BCUT2D eigenvalue weighted by Gasteiger charge is 2.12. The number of ether oxygens (including phenoxy) is 1. The molecule has 0 spiro atoms. The van der Waals surface area contributed by atoms with Gasteiger partial charge in [-0.1, -0.05) is 0 Å². The minimum atomic E-state index is 0.650. The minimum Gasteiger partial charge on any atom is -0.475 e. The maximum atomic E-state index is 5.18. The van der Waals surface area contributed by atoms with Gasteiger partial charge in [0.1, 0.15) is 6.61 Å². The van der Waals surface area contributed by atoms with Crippen molar-refractivity contribution in [2.75, 3.05) is 13.2 Å². The molecule has 0 unspecified atom stereocenters. The Balaban J connectivity index is 2.26. The van der Waals surface area contributed by atoms with E-state index in [0.29, 0.717) is 18.3 Å². The van der Waals surface area contributed by atoms with Gasteiger partial charge < -0.3 is 10.1 Å². The standard InChI is InChI=1S/C6H7N3O/c1-2-8-5(7-1)6-9-3-4-10-6/h1-2,9H,3-4H2. The van der Waals surface area contributed by atoms with Gasteiger partial charge in [-0.2, -0.15) is 0 Å². The SMILES string of the molecule is C1=NC(=C2NCCO2)N=C1. The zero-order valence-electron chi connectivity index (χ0n) is 5.37. The second-order valence-corrected chi connectivity index (χ2v) is 1.98. The molecule has 4 nitrogen and oxygen atoms in total. The van der Waals surface area contributed by atoms with E-state index in [4.69, 9.17) is 4.74 Å². The van der Waals surface area contributed by atoms with Crippen molar-refractivity contribution in [1.29, 1.82) is 0 Å². The van der Waals surface area contributed by atoms with Crippen LogP contribution in [0.4, 0.5) is 0 Å². The Morgan fingerprint density at radius 1 is 1.40 bits per heavy atom. The van der Waals surface area contributed by atoms with Crippen molar-refractivity contribution >= 4 is 12.4 Å². The van der Waals surface area contributed by atoms with Crippen molar-refractivity contribution in [1.82, 2.24) is 5.32 Å². The third-order valence-electron chi connectivity index (χ3n) is 1.30. The lowest BCUT2D eigenvalue weighted by molar-refractivity contribution is 0.261. The molecule has 1 N–H and O–H groups in total. The Morgan fingerprint density at radius 2 is 2.20 bits per heavy atom. The predicted octanol–water partition coefficient (Wildman–Crippen LogP) is -0.112. The summed E-state index contributed by atoms with van der Waals surface area (Å²) in [4.78, 5) is 7.93. The van der Waals surface area contributed by atoms with Crippen molar-refractivity contribution in [3.63, 3.8) is 0 Å². The van der Waals surface area contributed by atoms with Gasteiger partial charge in [-0.05, 0) is 0 Å². The molecule has 4 heteroatoms. The Bertz CT molecular complexity index is 207. The first-order valence-electron chi connectivity index (χ1n) is 3.14. The van der Waals surface area contributed by atoms with Gasteiger partial charge in [0.15, 0.2) is 0 Å². The zero-order valence-corrected chi connectivity index (χ0v) is 5.37. The lowest BCUT2D eigenvalue weighted by atomic mass is 10.7. The van der Waals surface area contributed by atoms with Crippen LogP contribution in [-0.2, 0) is 4.74 Å². The molecule has 0 aromatic heterocycles. The maximum Gasteiger partial charge on any atom is 0.233 e. The fourth-order valence-corrected chi connectivity index (χ4v) is 0.871. The molecule has 0 aliphatic carbocycles. The first-order chi connectivity index (χ1) is 4.97. The molecule has 2 aliphatic heterocycles. The normalized spacial score (nSPS) is 21.6. The van der Waals surface area contributed by atoms with Crippen LogP contribution in [0.15, 0.2) is 21.7 Å². The fraction of sp³-hybridized carbons (Fsp3) is 0.333. The largest absolute Gasteiger partial charge is 0.475 e. The molecule has 2 rings (SSSR count). The average Bonchev–Trinajstić information content (AvgIpc) is 2.59. The van der Waals surface area contributed by atoms with Crippen LogP contribution in [0.3, 0.4) is 0 Å². The van der Waals surface area contributed by atoms with Crippen molar-refractivity contribution < 1.29 is 4.74 Å². The van der Waals surface area contributed by atoms with E-state index in [9.17, 15) is 0 Å². The second-order valence-electron chi connectivity index (χ2n) is 1.98. The molecule has 52 valence electrons. The van der Waals surface area contributed by atoms with Gasteiger partial charge >= 0.3 is 0 Å². The second kappa shape index (κ2) is 2.13. The molecule has 2 heterocycles. The van der Waals surface area contributed by atoms with E-state index < -0.39 is 0 Å². The van der Waals surface area contributed by atoms with E-state index in [1.54, 1.807) is 12.4 Å². The Labute approximate surface area is 58.3 Å². The molecule has 0 saturated carbocycles. The summed E-state index contributed by atoms with van der Waals surface area (Å²) in [5, 5.41) is 3.03. The molecule has 0 aromatic carbocycles. The van der Waals surface area contributed by atoms with Crippen LogP contribution in [0.2, 0.25) is 0 Å². The lowest BCUT2D eigenvalue weighted by Gasteiger charge is -1.96. The van der Waals surface area contributed by atoms with E-state index in [-0.39, 0.29) is 0 Å². The molecule has 0 radical (unpaired) electrons. The number of nitrogens with one attached hydrogen (secondary N) is 1. The number of hydrogen-bond donors (Lipinski definition) is 1. The van der Waals surface area contributed by atoms with E-state index in [2.05, 4.69) is 15.3 Å². The molecule has 10 heavy (non-hydrogen) atoms. The molecular formula is C6H7N3O. The highest BCUT2D eigenvalue weighted by atomic mass is 16.5. The summed E-state index contributed by atoms with van der Waals surface area (Å²) >= 11 is 0. The van der Waals surface area contributed by atoms with Crippen LogP contribution < -0.4 is 5.32 Å². The summed E-state index contributed by atoms with van der Waals surface area (Å²) < 4.78 is 5.18. The van der Waals surface area contributed by atoms with Crippen molar-refractivity contribution in [2.45, 2.75) is 0 Å². The average molecular weight is 137 g/mol. The van der Waals surface area contributed by atoms with Crippen molar-refractivity contribution in [3.05, 3.63) is 11.7 Å². The van der Waals surface area contributed by atoms with Crippen LogP contribution in [0.5, 0.6) is 0 Å². The molecule has 1 saturated heterocycles. The highest BCUT2D eigenvalue weighted by molar-refractivity contribution is 6.18. The van der Waals surface area contributed by atoms with Gasteiger partial charge in [-0.15, -0.1) is 0 Å². The van der Waals surface area contributed by atoms with Gasteiger partial charge in [0, 0.05) is 12.4 Å². The molecule has 2 aliphatic rings. The van der Waals surface area contributed by atoms with Gasteiger partial charge in [-0.25, -0.2) is 9.98 Å². The summed E-state index contributed by atoms with van der Waals surface area (Å²) in [6.45, 7) is 1.56. The zero-order chi connectivity index (χ0) is 6.81. The first kappa shape index (κ1) is 5.46. The van der Waals surface area contributed by atoms with Gasteiger partial charge in [-0.3, -0.25) is 0 Å². The highest BCUT2D eigenvalue weighted by Crippen LogP contribution is 2.11. The first-order valence-corrected chi connectivity index (χ1v) is 3.14. The van der Waals surface area contributed by atoms with E-state index >= 15 is 0 Å². The number of rotatable bonds is 0. The number of nitrogens with zero attached hydrogens (tertiary/aromatic N) is 2. The lowest BCUT2D eigenvalue weighted by Crippen LogP contribution is -2.05. The Morgan fingerprint density at radius 3 is 2.80 bits per heavy atom. The molecule has 1 fully saturated rings. The van der Waals surface area contributed by atoms with Crippen LogP contribution in [0.25, 0.3) is 0 Å². The summed E-state index contributed by atoms with van der Waals surface area (Å²) in [5.41, 5.74) is 0. The topological polar surface area (TPSA) is 46.0 Å². The van der Waals surface area contributed by atoms with Crippen molar-refractivity contribution in [2.24, 2.45) is 9.98 Å². The van der Waals surface area contributed by atoms with Crippen LogP contribution >= 0.6 is 0 Å².